The Bertz CT molecular complexity index is 713. The summed E-state index contributed by atoms with van der Waals surface area (Å²) in [7, 11) is 0. The first kappa shape index (κ1) is 16.9. The molecule has 2 fully saturated rings. The highest BCUT2D eigenvalue weighted by molar-refractivity contribution is 5.60. The Morgan fingerprint density at radius 3 is 2.80 bits per heavy atom. The number of allylic oxidation sites excluding steroid dienone is 2. The van der Waals surface area contributed by atoms with Gasteiger partial charge in [0.15, 0.2) is 0 Å². The number of aryl methyl sites for hydroxylation is 1. The Morgan fingerprint density at radius 2 is 2.08 bits per heavy atom. The zero-order valence-electron chi connectivity index (χ0n) is 16.1. The van der Waals surface area contributed by atoms with Crippen LogP contribution in [-0.2, 0) is 6.42 Å². The molecule has 2 saturated carbocycles. The minimum Gasteiger partial charge on any atom is -0.493 e. The van der Waals surface area contributed by atoms with Crippen molar-refractivity contribution < 1.29 is 4.74 Å². The first-order valence-electron chi connectivity index (χ1n) is 10.2. The average Bonchev–Trinajstić information content (AvgIpc) is 2.97. The Kier molecular flexibility index (Phi) is 4.30. The van der Waals surface area contributed by atoms with Crippen LogP contribution in [0.25, 0.3) is 6.08 Å². The lowest BCUT2D eigenvalue weighted by atomic mass is 9.55. The van der Waals surface area contributed by atoms with E-state index in [1.165, 1.54) is 38.5 Å². The van der Waals surface area contributed by atoms with E-state index in [0.717, 1.165) is 35.7 Å². The Balaban J connectivity index is 1.72. The van der Waals surface area contributed by atoms with E-state index in [1.807, 2.05) is 6.08 Å². The molecule has 0 aliphatic heterocycles. The Hall–Kier alpha value is -1.50. The Morgan fingerprint density at radius 1 is 1.24 bits per heavy atom. The molecule has 0 bridgehead atoms. The molecule has 0 amide bonds. The molecule has 3 aliphatic rings. The quantitative estimate of drug-likeness (QED) is 0.570. The van der Waals surface area contributed by atoms with E-state index in [2.05, 4.69) is 45.6 Å². The highest BCUT2D eigenvalue weighted by Gasteiger charge is 2.52. The number of ether oxygens (including phenoxy) is 1. The smallest absolute Gasteiger partial charge is 0.126 e. The summed E-state index contributed by atoms with van der Waals surface area (Å²) < 4.78 is 5.93. The van der Waals surface area contributed by atoms with E-state index in [-0.39, 0.29) is 0 Å². The number of benzene rings is 1. The predicted octanol–water partition coefficient (Wildman–Crippen LogP) is 6.53. The number of rotatable bonds is 3. The van der Waals surface area contributed by atoms with Crippen LogP contribution in [0.15, 0.2) is 30.4 Å². The normalized spacial score (nSPS) is 35.0. The van der Waals surface area contributed by atoms with Crippen molar-refractivity contribution in [1.82, 2.24) is 0 Å². The van der Waals surface area contributed by atoms with Crippen molar-refractivity contribution in [3.8, 4) is 5.75 Å². The van der Waals surface area contributed by atoms with Crippen molar-refractivity contribution >= 4 is 6.08 Å². The molecular weight excluding hydrogens is 304 g/mol. The van der Waals surface area contributed by atoms with Crippen LogP contribution < -0.4 is 4.74 Å². The summed E-state index contributed by atoms with van der Waals surface area (Å²) in [6, 6.07) is 4.71. The van der Waals surface area contributed by atoms with E-state index in [1.54, 1.807) is 16.7 Å². The molecule has 1 aromatic carbocycles. The predicted molar refractivity (Wildman–Crippen MR) is 106 cm³/mol. The topological polar surface area (TPSA) is 9.23 Å². The van der Waals surface area contributed by atoms with Crippen molar-refractivity contribution in [2.75, 3.05) is 6.61 Å². The highest BCUT2D eigenvalue weighted by atomic mass is 16.5. The molecule has 3 unspecified atom stereocenters. The fraction of sp³-hybridized carbons (Fsp3) is 0.583. The number of fused-ring (bicyclic) bond motifs is 5. The Labute approximate surface area is 153 Å². The van der Waals surface area contributed by atoms with Crippen LogP contribution >= 0.6 is 0 Å². The molecule has 0 spiro atoms. The first-order chi connectivity index (χ1) is 12.1. The molecule has 0 N–H and O–H groups in total. The molecule has 0 heterocycles. The third kappa shape index (κ3) is 2.50. The maximum Gasteiger partial charge on any atom is 0.126 e. The van der Waals surface area contributed by atoms with E-state index < -0.39 is 0 Å². The second kappa shape index (κ2) is 6.34. The SMILES string of the molecule is C=Cc1cc2c(cc1OCC)C1CC[C@]3(C)/C(=C/C)CCC3C1CC2. The fourth-order valence-corrected chi connectivity index (χ4v) is 6.38. The third-order valence-electron chi connectivity index (χ3n) is 7.57. The fourth-order valence-electron chi connectivity index (χ4n) is 6.38. The van der Waals surface area contributed by atoms with Crippen LogP contribution in [0, 0.1) is 17.3 Å². The average molecular weight is 337 g/mol. The van der Waals surface area contributed by atoms with Crippen molar-refractivity contribution in [2.24, 2.45) is 17.3 Å². The highest BCUT2D eigenvalue weighted by Crippen LogP contribution is 2.62. The lowest BCUT2D eigenvalue weighted by Gasteiger charge is -2.49. The van der Waals surface area contributed by atoms with Crippen LogP contribution in [0.3, 0.4) is 0 Å². The summed E-state index contributed by atoms with van der Waals surface area (Å²) in [6.07, 6.45) is 12.4. The van der Waals surface area contributed by atoms with Gasteiger partial charge in [-0.3, -0.25) is 0 Å². The number of hydrogen-bond acceptors (Lipinski definition) is 1. The van der Waals surface area contributed by atoms with Gasteiger partial charge in [0.2, 0.25) is 0 Å². The third-order valence-corrected chi connectivity index (χ3v) is 7.57. The molecule has 4 rings (SSSR count). The standard InChI is InChI=1S/C24H32O/c1-5-16-14-17-8-10-20-19(21(17)15-23(16)25-7-3)12-13-24(4)18(6-2)9-11-22(20)24/h5-6,14-15,19-20,22H,1,7-13H2,2-4H3/b18-6+/t19?,20?,22?,24-/m1/s1. The van der Waals surface area contributed by atoms with Crippen LogP contribution in [0.2, 0.25) is 0 Å². The molecule has 25 heavy (non-hydrogen) atoms. The lowest BCUT2D eigenvalue weighted by molar-refractivity contribution is 0.0812. The molecule has 1 nitrogen and oxygen atoms in total. The van der Waals surface area contributed by atoms with Crippen molar-refractivity contribution in [3.05, 3.63) is 47.1 Å². The van der Waals surface area contributed by atoms with Crippen LogP contribution in [0.5, 0.6) is 5.75 Å². The van der Waals surface area contributed by atoms with Gasteiger partial charge in [0.05, 0.1) is 6.61 Å². The van der Waals surface area contributed by atoms with Crippen molar-refractivity contribution in [1.29, 1.82) is 0 Å². The first-order valence-corrected chi connectivity index (χ1v) is 10.2. The van der Waals surface area contributed by atoms with Gasteiger partial charge >= 0.3 is 0 Å². The maximum atomic E-state index is 5.93. The van der Waals surface area contributed by atoms with Crippen molar-refractivity contribution in [3.63, 3.8) is 0 Å². The van der Waals surface area contributed by atoms with Crippen LogP contribution in [0.1, 0.15) is 75.5 Å². The minimum atomic E-state index is 0.469. The molecule has 0 saturated heterocycles. The molecule has 0 aromatic heterocycles. The van der Waals surface area contributed by atoms with Gasteiger partial charge in [-0.2, -0.15) is 0 Å². The van der Waals surface area contributed by atoms with E-state index in [4.69, 9.17) is 4.74 Å². The van der Waals surface area contributed by atoms with Gasteiger partial charge in [-0.25, -0.2) is 0 Å². The van der Waals surface area contributed by atoms with Gasteiger partial charge in [-0.15, -0.1) is 0 Å². The van der Waals surface area contributed by atoms with Gasteiger partial charge in [0.25, 0.3) is 0 Å². The summed E-state index contributed by atoms with van der Waals surface area (Å²) in [4.78, 5) is 0. The monoisotopic (exact) mass is 336 g/mol. The summed E-state index contributed by atoms with van der Waals surface area (Å²) >= 11 is 0. The summed E-state index contributed by atoms with van der Waals surface area (Å²) in [6.45, 7) is 11.6. The zero-order valence-corrected chi connectivity index (χ0v) is 16.1. The minimum absolute atomic E-state index is 0.469. The van der Waals surface area contributed by atoms with Crippen LogP contribution in [-0.4, -0.2) is 6.61 Å². The zero-order chi connectivity index (χ0) is 17.6. The molecule has 134 valence electrons. The molecule has 4 atom stereocenters. The molecule has 1 heteroatoms. The van der Waals surface area contributed by atoms with Crippen molar-refractivity contribution in [2.45, 2.75) is 65.2 Å². The molecule has 0 radical (unpaired) electrons. The van der Waals surface area contributed by atoms with Gasteiger partial charge in [-0.05, 0) is 98.8 Å². The maximum absolute atomic E-state index is 5.93. The van der Waals surface area contributed by atoms with Gasteiger partial charge in [-0.1, -0.05) is 31.2 Å². The second-order valence-corrected chi connectivity index (χ2v) is 8.45. The molecular formula is C24H32O. The lowest BCUT2D eigenvalue weighted by Crippen LogP contribution is -2.40. The summed E-state index contributed by atoms with van der Waals surface area (Å²) in [5.41, 5.74) is 6.50. The van der Waals surface area contributed by atoms with Gasteiger partial charge < -0.3 is 4.74 Å². The van der Waals surface area contributed by atoms with Gasteiger partial charge in [0.1, 0.15) is 5.75 Å². The number of hydrogen-bond donors (Lipinski definition) is 0. The summed E-state index contributed by atoms with van der Waals surface area (Å²) in [5.74, 6) is 3.50. The molecule has 3 aliphatic carbocycles. The molecule has 1 aromatic rings. The van der Waals surface area contributed by atoms with E-state index >= 15 is 0 Å². The second-order valence-electron chi connectivity index (χ2n) is 8.45. The van der Waals surface area contributed by atoms with Crippen LogP contribution in [0.4, 0.5) is 0 Å². The largest absolute Gasteiger partial charge is 0.493 e. The van der Waals surface area contributed by atoms with E-state index in [9.17, 15) is 0 Å². The van der Waals surface area contributed by atoms with E-state index in [0.29, 0.717) is 5.41 Å². The summed E-state index contributed by atoms with van der Waals surface area (Å²) in [5, 5.41) is 0. The van der Waals surface area contributed by atoms with Gasteiger partial charge in [0, 0.05) is 5.56 Å².